The van der Waals surface area contributed by atoms with Gasteiger partial charge in [-0.1, -0.05) is 50.1 Å². The van der Waals surface area contributed by atoms with Gasteiger partial charge >= 0.3 is 0 Å². The largest absolute Gasteiger partial charge is 0.497 e. The second kappa shape index (κ2) is 10.9. The van der Waals surface area contributed by atoms with Crippen molar-refractivity contribution in [3.05, 3.63) is 66.2 Å². The minimum atomic E-state index is -1.22. The number of carbonyl (C=O) groups excluding carboxylic acids is 3. The van der Waals surface area contributed by atoms with Crippen molar-refractivity contribution in [1.29, 1.82) is 0 Å². The van der Waals surface area contributed by atoms with Crippen molar-refractivity contribution in [2.75, 3.05) is 19.5 Å². The third-order valence-electron chi connectivity index (χ3n) is 9.19. The highest BCUT2D eigenvalue weighted by Gasteiger charge is 2.72. The summed E-state index contributed by atoms with van der Waals surface area (Å²) in [5, 5.41) is 6.22. The monoisotopic (exact) mass is 559 g/mol. The molecule has 3 aliphatic heterocycles. The Hall–Kier alpha value is -3.85. The van der Waals surface area contributed by atoms with Gasteiger partial charge in [-0.2, -0.15) is 0 Å². The van der Waals surface area contributed by atoms with Gasteiger partial charge in [-0.05, 0) is 48.6 Å². The number of nitrogens with zero attached hydrogens (tertiary/aromatic N) is 1. The summed E-state index contributed by atoms with van der Waals surface area (Å²) in [6.45, 7) is 2.36. The van der Waals surface area contributed by atoms with Gasteiger partial charge in [0, 0.05) is 24.3 Å². The fourth-order valence-corrected chi connectivity index (χ4v) is 7.12. The zero-order valence-corrected chi connectivity index (χ0v) is 23.7. The summed E-state index contributed by atoms with van der Waals surface area (Å²) < 4.78 is 17.2. The van der Waals surface area contributed by atoms with Crippen LogP contribution in [0.5, 0.6) is 11.5 Å². The molecule has 9 nitrogen and oxygen atoms in total. The first-order chi connectivity index (χ1) is 19.8. The van der Waals surface area contributed by atoms with Gasteiger partial charge in [0.15, 0.2) is 0 Å². The van der Waals surface area contributed by atoms with Gasteiger partial charge in [-0.3, -0.25) is 14.4 Å². The Morgan fingerprint density at radius 1 is 1.02 bits per heavy atom. The Balaban J connectivity index is 1.33. The molecule has 0 radical (unpaired) electrons. The predicted octanol–water partition coefficient (Wildman–Crippen LogP) is 3.69. The Bertz CT molecular complexity index is 1380. The third-order valence-corrected chi connectivity index (χ3v) is 9.19. The molecule has 1 spiro atoms. The Labute approximate surface area is 240 Å². The molecule has 3 heterocycles. The van der Waals surface area contributed by atoms with Gasteiger partial charge < -0.3 is 29.7 Å². The molecular weight excluding hydrogens is 522 g/mol. The molecule has 2 aromatic carbocycles. The summed E-state index contributed by atoms with van der Waals surface area (Å²) in [4.78, 5) is 43.7. The van der Waals surface area contributed by atoms with E-state index in [0.717, 1.165) is 31.2 Å². The Kier molecular flexibility index (Phi) is 7.23. The summed E-state index contributed by atoms with van der Waals surface area (Å²) in [6, 6.07) is 13.7. The van der Waals surface area contributed by atoms with Crippen LogP contribution in [0.1, 0.15) is 38.2 Å². The van der Waals surface area contributed by atoms with E-state index in [9.17, 15) is 14.4 Å². The highest BCUT2D eigenvalue weighted by molar-refractivity contribution is 6.02. The Morgan fingerprint density at radius 3 is 2.51 bits per heavy atom. The lowest BCUT2D eigenvalue weighted by Gasteiger charge is -2.36. The van der Waals surface area contributed by atoms with Crippen LogP contribution in [0.2, 0.25) is 0 Å². The number of hydrogen-bond acceptors (Lipinski definition) is 6. The highest BCUT2D eigenvalue weighted by Crippen LogP contribution is 2.55. The van der Waals surface area contributed by atoms with Crippen molar-refractivity contribution in [3.8, 4) is 11.5 Å². The molecule has 3 fully saturated rings. The summed E-state index contributed by atoms with van der Waals surface area (Å²) in [5.41, 5.74) is 0.169. The number of ether oxygens (including phenoxy) is 3. The van der Waals surface area contributed by atoms with Crippen molar-refractivity contribution in [3.63, 3.8) is 0 Å². The molecule has 41 heavy (non-hydrogen) atoms. The van der Waals surface area contributed by atoms with E-state index in [2.05, 4.69) is 17.6 Å². The van der Waals surface area contributed by atoms with Gasteiger partial charge in [0.25, 0.3) is 0 Å². The van der Waals surface area contributed by atoms with Crippen LogP contribution < -0.4 is 20.1 Å². The maximum absolute atomic E-state index is 14.3. The number of benzene rings is 2. The smallest absolute Gasteiger partial charge is 0.246 e. The molecular formula is C32H37N3O6. The first kappa shape index (κ1) is 27.3. The molecule has 1 saturated carbocycles. The number of hydrogen-bond donors (Lipinski definition) is 2. The van der Waals surface area contributed by atoms with Gasteiger partial charge in [0.1, 0.15) is 23.1 Å². The fraction of sp³-hybridized carbons (Fsp3) is 0.469. The lowest BCUT2D eigenvalue weighted by molar-refractivity contribution is -0.142. The van der Waals surface area contributed by atoms with E-state index in [1.807, 2.05) is 36.4 Å². The zero-order chi connectivity index (χ0) is 28.7. The van der Waals surface area contributed by atoms with Gasteiger partial charge in [-0.25, -0.2) is 0 Å². The quantitative estimate of drug-likeness (QED) is 0.478. The summed E-state index contributed by atoms with van der Waals surface area (Å²) in [7, 11) is 3.15. The summed E-state index contributed by atoms with van der Waals surface area (Å²) >= 11 is 0. The molecule has 1 aliphatic carbocycles. The Morgan fingerprint density at radius 2 is 1.76 bits per heavy atom. The maximum Gasteiger partial charge on any atom is 0.246 e. The number of nitrogens with one attached hydrogen (secondary N) is 2. The lowest BCUT2D eigenvalue weighted by atomic mass is 9.74. The minimum Gasteiger partial charge on any atom is -0.497 e. The number of amides is 3. The van der Waals surface area contributed by atoms with Crippen LogP contribution in [-0.2, 0) is 25.7 Å². The molecule has 2 bridgehead atoms. The molecule has 0 aromatic heterocycles. The maximum atomic E-state index is 14.3. The first-order valence-corrected chi connectivity index (χ1v) is 14.4. The van der Waals surface area contributed by atoms with E-state index >= 15 is 0 Å². The molecule has 216 valence electrons. The average Bonchev–Trinajstić information content (AvgIpc) is 3.62. The molecule has 4 aliphatic rings. The fourth-order valence-electron chi connectivity index (χ4n) is 7.12. The van der Waals surface area contributed by atoms with E-state index in [1.165, 1.54) is 0 Å². The summed E-state index contributed by atoms with van der Waals surface area (Å²) in [5.74, 6) is -0.801. The zero-order valence-electron chi connectivity index (χ0n) is 23.7. The van der Waals surface area contributed by atoms with Crippen LogP contribution >= 0.6 is 0 Å². The molecule has 2 aromatic rings. The topological polar surface area (TPSA) is 106 Å². The van der Waals surface area contributed by atoms with Gasteiger partial charge in [0.05, 0.1) is 32.2 Å². The average molecular weight is 560 g/mol. The van der Waals surface area contributed by atoms with Crippen LogP contribution in [0.3, 0.4) is 0 Å². The molecule has 6 rings (SSSR count). The second-order valence-corrected chi connectivity index (χ2v) is 11.6. The van der Waals surface area contributed by atoms with Crippen LogP contribution in [0.15, 0.2) is 60.7 Å². The van der Waals surface area contributed by atoms with E-state index in [4.69, 9.17) is 14.2 Å². The van der Waals surface area contributed by atoms with Crippen molar-refractivity contribution < 1.29 is 28.6 Å². The van der Waals surface area contributed by atoms with Gasteiger partial charge in [0.2, 0.25) is 17.7 Å². The van der Waals surface area contributed by atoms with Crippen molar-refractivity contribution in [2.45, 2.75) is 62.9 Å². The van der Waals surface area contributed by atoms with Crippen molar-refractivity contribution >= 4 is 23.4 Å². The van der Waals surface area contributed by atoms with E-state index in [-0.39, 0.29) is 30.3 Å². The standard InChI is InChI=1S/C32H37N3O6/c1-19-8-4-5-13-24(19)34-30(37)28-32-15-14-25(41-32)26(29(36)33-21-10-7-12-23(17-21)40-3)27(32)31(38)35(28)18-20-9-6-11-22(16-20)39-2/h6-7,9-12,14-17,19,24-28H,4-5,8,13,18H2,1-3H3,(H,33,36)(H,34,37)/t19-,24+,25-,26-,27-,28+,32+/m1/s1. The van der Waals surface area contributed by atoms with Crippen LogP contribution in [0.25, 0.3) is 0 Å². The molecule has 9 heteroatoms. The molecule has 0 unspecified atom stereocenters. The highest BCUT2D eigenvalue weighted by atomic mass is 16.5. The van der Waals surface area contributed by atoms with Gasteiger partial charge in [-0.15, -0.1) is 0 Å². The minimum absolute atomic E-state index is 0.0372. The molecule has 2 N–H and O–H groups in total. The second-order valence-electron chi connectivity index (χ2n) is 11.6. The first-order valence-electron chi connectivity index (χ1n) is 14.4. The number of likely N-dealkylation sites (tertiary alicyclic amines) is 1. The number of rotatable bonds is 8. The number of fused-ring (bicyclic) bond motifs is 1. The number of methoxy groups -OCH3 is 2. The summed E-state index contributed by atoms with van der Waals surface area (Å²) in [6.07, 6.45) is 7.25. The van der Waals surface area contributed by atoms with Crippen molar-refractivity contribution in [1.82, 2.24) is 10.2 Å². The molecule has 7 atom stereocenters. The predicted molar refractivity (Wildman–Crippen MR) is 152 cm³/mol. The molecule has 3 amide bonds. The van der Waals surface area contributed by atoms with E-state index < -0.39 is 29.6 Å². The normalized spacial score (nSPS) is 31.6. The van der Waals surface area contributed by atoms with Crippen LogP contribution in [0, 0.1) is 17.8 Å². The third kappa shape index (κ3) is 4.76. The van der Waals surface area contributed by atoms with Crippen LogP contribution in [0.4, 0.5) is 5.69 Å². The van der Waals surface area contributed by atoms with E-state index in [0.29, 0.717) is 23.1 Å². The lowest BCUT2D eigenvalue weighted by Crippen LogP contribution is -2.57. The SMILES string of the molecule is COc1cccc(CN2C(=O)[C@H]3[C@H](C(=O)Nc4cccc(OC)c4)[C@H]4C=C[C@@]3(O4)[C@@H]2C(=O)N[C@H]2CCCC[C@H]2C)c1. The van der Waals surface area contributed by atoms with Crippen molar-refractivity contribution in [2.24, 2.45) is 17.8 Å². The molecule has 2 saturated heterocycles. The van der Waals surface area contributed by atoms with E-state index in [1.54, 1.807) is 43.4 Å². The van der Waals surface area contributed by atoms with Crippen LogP contribution in [-0.4, -0.2) is 60.6 Å². The number of carbonyl (C=O) groups is 3. The number of anilines is 1.